The maximum atomic E-state index is 13.0. The Morgan fingerprint density at radius 2 is 1.80 bits per heavy atom. The van der Waals surface area contributed by atoms with Gasteiger partial charge in [0.25, 0.3) is 0 Å². The van der Waals surface area contributed by atoms with Crippen LogP contribution in [-0.4, -0.2) is 30.7 Å². The molecule has 30 heavy (non-hydrogen) atoms. The highest BCUT2D eigenvalue weighted by atomic mass is 32.2. The number of amides is 1. The first-order chi connectivity index (χ1) is 14.2. The number of halogens is 1. The molecule has 7 nitrogen and oxygen atoms in total. The summed E-state index contributed by atoms with van der Waals surface area (Å²) in [6.07, 6.45) is 2.40. The summed E-state index contributed by atoms with van der Waals surface area (Å²) in [7, 11) is -3.25. The molecule has 0 aliphatic carbocycles. The Morgan fingerprint density at radius 1 is 1.13 bits per heavy atom. The van der Waals surface area contributed by atoms with Crippen LogP contribution in [0.4, 0.5) is 4.39 Å². The minimum atomic E-state index is -3.25. The maximum Gasteiger partial charge on any atom is 0.226 e. The third-order valence-electron chi connectivity index (χ3n) is 4.55. The lowest BCUT2D eigenvalue weighted by Gasteiger charge is -2.14. The van der Waals surface area contributed by atoms with Crippen LogP contribution in [0, 0.1) is 5.82 Å². The van der Waals surface area contributed by atoms with Gasteiger partial charge in [-0.25, -0.2) is 12.8 Å². The van der Waals surface area contributed by atoms with Crippen LogP contribution in [0.2, 0.25) is 0 Å². The van der Waals surface area contributed by atoms with Crippen molar-refractivity contribution in [2.24, 2.45) is 0 Å². The quantitative estimate of drug-likeness (QED) is 0.586. The standard InChI is InChI=1S/C21H22FN3O4S/c1-14(15-8-12-18(13-9-15)30(2,27)28)23-19(26)4-3-5-20-24-21(25-29-20)16-6-10-17(22)11-7-16/h6-14H,3-5H2,1-2H3,(H,23,26). The lowest BCUT2D eigenvalue weighted by molar-refractivity contribution is -0.121. The van der Waals surface area contributed by atoms with Crippen LogP contribution in [0.25, 0.3) is 11.4 Å². The van der Waals surface area contributed by atoms with E-state index in [0.717, 1.165) is 11.8 Å². The van der Waals surface area contributed by atoms with Crippen LogP contribution in [0.5, 0.6) is 0 Å². The van der Waals surface area contributed by atoms with E-state index in [1.807, 2.05) is 6.92 Å². The van der Waals surface area contributed by atoms with Crippen molar-refractivity contribution in [1.82, 2.24) is 15.5 Å². The van der Waals surface area contributed by atoms with E-state index in [0.29, 0.717) is 30.1 Å². The van der Waals surface area contributed by atoms with Gasteiger partial charge in [-0.2, -0.15) is 4.98 Å². The second-order valence-corrected chi connectivity index (χ2v) is 9.02. The summed E-state index contributed by atoms with van der Waals surface area (Å²) in [5, 5.41) is 6.76. The average Bonchev–Trinajstić information content (AvgIpc) is 3.17. The number of nitrogens with zero attached hydrogens (tertiary/aromatic N) is 2. The Morgan fingerprint density at radius 3 is 2.43 bits per heavy atom. The molecule has 0 spiro atoms. The Hall–Kier alpha value is -3.07. The number of aromatic nitrogens is 2. The topological polar surface area (TPSA) is 102 Å². The molecule has 3 rings (SSSR count). The summed E-state index contributed by atoms with van der Waals surface area (Å²) in [5.74, 6) is 0.314. The highest BCUT2D eigenvalue weighted by molar-refractivity contribution is 7.90. The average molecular weight is 431 g/mol. The third-order valence-corrected chi connectivity index (χ3v) is 5.68. The fourth-order valence-corrected chi connectivity index (χ4v) is 3.50. The fraction of sp³-hybridized carbons (Fsp3) is 0.286. The van der Waals surface area contributed by atoms with Crippen molar-refractivity contribution in [3.8, 4) is 11.4 Å². The highest BCUT2D eigenvalue weighted by Crippen LogP contribution is 2.18. The molecule has 0 radical (unpaired) electrons. The van der Waals surface area contributed by atoms with Gasteiger partial charge in [0.2, 0.25) is 17.6 Å². The monoisotopic (exact) mass is 431 g/mol. The highest BCUT2D eigenvalue weighted by Gasteiger charge is 2.13. The molecule has 0 aliphatic heterocycles. The van der Waals surface area contributed by atoms with E-state index >= 15 is 0 Å². The van der Waals surface area contributed by atoms with Gasteiger partial charge in [-0.3, -0.25) is 4.79 Å². The number of benzene rings is 2. The van der Waals surface area contributed by atoms with Crippen molar-refractivity contribution in [3.63, 3.8) is 0 Å². The predicted octanol–water partition coefficient (Wildman–Crippen LogP) is 3.48. The van der Waals surface area contributed by atoms with E-state index in [2.05, 4.69) is 15.5 Å². The molecule has 1 N–H and O–H groups in total. The van der Waals surface area contributed by atoms with Gasteiger partial charge < -0.3 is 9.84 Å². The van der Waals surface area contributed by atoms with Gasteiger partial charge in [0.05, 0.1) is 10.9 Å². The Kier molecular flexibility index (Phi) is 6.61. The number of carbonyl (C=O) groups excluding carboxylic acids is 1. The predicted molar refractivity (Wildman–Crippen MR) is 109 cm³/mol. The molecular weight excluding hydrogens is 409 g/mol. The molecule has 1 aromatic heterocycles. The van der Waals surface area contributed by atoms with Crippen LogP contribution in [0.3, 0.4) is 0 Å². The van der Waals surface area contributed by atoms with E-state index < -0.39 is 9.84 Å². The van der Waals surface area contributed by atoms with Crippen LogP contribution >= 0.6 is 0 Å². The second kappa shape index (κ2) is 9.17. The Labute approximate surface area is 174 Å². The molecule has 158 valence electrons. The van der Waals surface area contributed by atoms with E-state index in [1.165, 1.54) is 24.3 Å². The van der Waals surface area contributed by atoms with Crippen LogP contribution in [0.15, 0.2) is 57.9 Å². The number of carbonyl (C=O) groups is 1. The SMILES string of the molecule is CC(NC(=O)CCCc1nc(-c2ccc(F)cc2)no1)c1ccc(S(C)(=O)=O)cc1. The normalized spacial score (nSPS) is 12.5. The van der Waals surface area contributed by atoms with Crippen LogP contribution in [0.1, 0.15) is 37.3 Å². The minimum absolute atomic E-state index is 0.132. The molecular formula is C21H22FN3O4S. The molecule has 0 fully saturated rings. The first-order valence-electron chi connectivity index (χ1n) is 9.40. The van der Waals surface area contributed by atoms with Crippen molar-refractivity contribution in [2.75, 3.05) is 6.26 Å². The zero-order valence-corrected chi connectivity index (χ0v) is 17.4. The Bertz CT molecular complexity index is 1110. The first kappa shape index (κ1) is 21.6. The summed E-state index contributed by atoms with van der Waals surface area (Å²) in [6, 6.07) is 12.0. The van der Waals surface area contributed by atoms with Gasteiger partial charge in [0.15, 0.2) is 9.84 Å². The molecule has 0 saturated heterocycles. The lowest BCUT2D eigenvalue weighted by atomic mass is 10.1. The van der Waals surface area contributed by atoms with E-state index in [9.17, 15) is 17.6 Å². The van der Waals surface area contributed by atoms with Crippen LogP contribution in [-0.2, 0) is 21.1 Å². The van der Waals surface area contributed by atoms with E-state index in [-0.39, 0.29) is 29.1 Å². The molecule has 1 atom stereocenters. The largest absolute Gasteiger partial charge is 0.350 e. The molecule has 0 bridgehead atoms. The van der Waals surface area contributed by atoms with E-state index in [4.69, 9.17) is 4.52 Å². The van der Waals surface area contributed by atoms with Gasteiger partial charge in [-0.15, -0.1) is 0 Å². The first-order valence-corrected chi connectivity index (χ1v) is 11.3. The smallest absolute Gasteiger partial charge is 0.226 e. The van der Waals surface area contributed by atoms with Gasteiger partial charge in [0, 0.05) is 24.7 Å². The van der Waals surface area contributed by atoms with Crippen molar-refractivity contribution in [3.05, 3.63) is 65.8 Å². The van der Waals surface area contributed by atoms with Crippen molar-refractivity contribution < 1.29 is 22.1 Å². The molecule has 3 aromatic rings. The molecule has 9 heteroatoms. The van der Waals surface area contributed by atoms with Gasteiger partial charge in [0.1, 0.15) is 5.82 Å². The zero-order valence-electron chi connectivity index (χ0n) is 16.6. The Balaban J connectivity index is 1.47. The number of hydrogen-bond acceptors (Lipinski definition) is 6. The number of aryl methyl sites for hydroxylation is 1. The third kappa shape index (κ3) is 5.73. The summed E-state index contributed by atoms with van der Waals surface area (Å²) in [6.45, 7) is 1.83. The number of nitrogens with one attached hydrogen (secondary N) is 1. The summed E-state index contributed by atoms with van der Waals surface area (Å²) < 4.78 is 41.2. The minimum Gasteiger partial charge on any atom is -0.350 e. The fourth-order valence-electron chi connectivity index (χ4n) is 2.87. The molecule has 0 aliphatic rings. The van der Waals surface area contributed by atoms with Crippen molar-refractivity contribution in [2.45, 2.75) is 37.1 Å². The number of hydrogen-bond donors (Lipinski definition) is 1. The van der Waals surface area contributed by atoms with E-state index in [1.54, 1.807) is 24.3 Å². The molecule has 1 unspecified atom stereocenters. The van der Waals surface area contributed by atoms with Gasteiger partial charge in [-0.1, -0.05) is 17.3 Å². The van der Waals surface area contributed by atoms with Crippen molar-refractivity contribution >= 4 is 15.7 Å². The van der Waals surface area contributed by atoms with Crippen LogP contribution < -0.4 is 5.32 Å². The van der Waals surface area contributed by atoms with Gasteiger partial charge in [-0.05, 0) is 55.3 Å². The molecule has 0 saturated carbocycles. The molecule has 2 aromatic carbocycles. The zero-order chi connectivity index (χ0) is 21.7. The summed E-state index contributed by atoms with van der Waals surface area (Å²) in [4.78, 5) is 16.7. The summed E-state index contributed by atoms with van der Waals surface area (Å²) in [5.41, 5.74) is 1.47. The lowest BCUT2D eigenvalue weighted by Crippen LogP contribution is -2.26. The van der Waals surface area contributed by atoms with Crippen molar-refractivity contribution in [1.29, 1.82) is 0 Å². The van der Waals surface area contributed by atoms with Gasteiger partial charge >= 0.3 is 0 Å². The number of rotatable bonds is 8. The summed E-state index contributed by atoms with van der Waals surface area (Å²) >= 11 is 0. The second-order valence-electron chi connectivity index (χ2n) is 7.00. The maximum absolute atomic E-state index is 13.0. The number of sulfone groups is 1. The molecule has 1 heterocycles. The molecule has 1 amide bonds.